The fourth-order valence-corrected chi connectivity index (χ4v) is 4.51. The van der Waals surface area contributed by atoms with Crippen LogP contribution in [-0.4, -0.2) is 42.5 Å². The van der Waals surface area contributed by atoms with Crippen molar-refractivity contribution in [2.75, 3.05) is 13.7 Å². The summed E-state index contributed by atoms with van der Waals surface area (Å²) >= 11 is 0. The van der Waals surface area contributed by atoms with Gasteiger partial charge in [0.15, 0.2) is 6.61 Å². The van der Waals surface area contributed by atoms with E-state index in [0.29, 0.717) is 12.3 Å². The van der Waals surface area contributed by atoms with Crippen LogP contribution in [0.5, 0.6) is 11.5 Å². The van der Waals surface area contributed by atoms with Crippen molar-refractivity contribution in [1.29, 1.82) is 0 Å². The maximum atomic E-state index is 13.4. The van der Waals surface area contributed by atoms with Gasteiger partial charge in [-0.05, 0) is 54.5 Å². The average Bonchev–Trinajstić information content (AvgIpc) is 2.86. The van der Waals surface area contributed by atoms with E-state index < -0.39 is 6.04 Å². The fourth-order valence-electron chi connectivity index (χ4n) is 4.51. The molecule has 35 heavy (non-hydrogen) atoms. The molecule has 0 spiro atoms. The number of rotatable bonds is 9. The predicted molar refractivity (Wildman–Crippen MR) is 139 cm³/mol. The van der Waals surface area contributed by atoms with Crippen LogP contribution in [0.25, 0.3) is 0 Å². The zero-order valence-electron chi connectivity index (χ0n) is 21.8. The lowest BCUT2D eigenvalue weighted by molar-refractivity contribution is -0.142. The highest BCUT2D eigenvalue weighted by Gasteiger charge is 2.29. The van der Waals surface area contributed by atoms with Crippen molar-refractivity contribution in [3.8, 4) is 11.5 Å². The Balaban J connectivity index is 1.75. The molecule has 0 aromatic heterocycles. The van der Waals surface area contributed by atoms with E-state index in [0.717, 1.165) is 42.6 Å². The molecule has 0 unspecified atom stereocenters. The Bertz CT molecular complexity index is 975. The lowest BCUT2D eigenvalue weighted by Gasteiger charge is -2.31. The molecular weight excluding hydrogens is 440 g/mol. The molecule has 0 bridgehead atoms. The first-order valence-corrected chi connectivity index (χ1v) is 12.6. The van der Waals surface area contributed by atoms with Crippen LogP contribution >= 0.6 is 0 Å². The highest BCUT2D eigenvalue weighted by molar-refractivity contribution is 5.88. The molecule has 6 heteroatoms. The lowest BCUT2D eigenvalue weighted by atomic mass is 9.86. The van der Waals surface area contributed by atoms with Crippen molar-refractivity contribution in [3.05, 3.63) is 59.7 Å². The van der Waals surface area contributed by atoms with Gasteiger partial charge in [0.2, 0.25) is 5.91 Å². The molecule has 1 saturated carbocycles. The summed E-state index contributed by atoms with van der Waals surface area (Å²) in [6.07, 6.45) is 5.48. The Morgan fingerprint density at radius 1 is 1.03 bits per heavy atom. The van der Waals surface area contributed by atoms with Gasteiger partial charge in [-0.3, -0.25) is 9.59 Å². The minimum Gasteiger partial charge on any atom is -0.497 e. The molecule has 0 radical (unpaired) electrons. The van der Waals surface area contributed by atoms with E-state index in [1.807, 2.05) is 48.5 Å². The van der Waals surface area contributed by atoms with Crippen LogP contribution in [0.1, 0.15) is 70.9 Å². The third-order valence-electron chi connectivity index (χ3n) is 6.68. The molecule has 0 heterocycles. The minimum atomic E-state index is -0.618. The van der Waals surface area contributed by atoms with Gasteiger partial charge in [-0.25, -0.2) is 0 Å². The number of ether oxygens (including phenoxy) is 2. The monoisotopic (exact) mass is 480 g/mol. The summed E-state index contributed by atoms with van der Waals surface area (Å²) in [5.41, 5.74) is 1.85. The van der Waals surface area contributed by atoms with Crippen LogP contribution in [-0.2, 0) is 21.5 Å². The van der Waals surface area contributed by atoms with Crippen molar-refractivity contribution >= 4 is 11.8 Å². The Labute approximate surface area is 210 Å². The van der Waals surface area contributed by atoms with E-state index in [4.69, 9.17) is 9.47 Å². The predicted octanol–water partition coefficient (Wildman–Crippen LogP) is 5.24. The Kier molecular flexibility index (Phi) is 9.19. The maximum Gasteiger partial charge on any atom is 0.261 e. The van der Waals surface area contributed by atoms with Crippen LogP contribution in [0.15, 0.2) is 48.5 Å². The van der Waals surface area contributed by atoms with Crippen molar-refractivity contribution in [1.82, 2.24) is 10.2 Å². The van der Waals surface area contributed by atoms with Gasteiger partial charge in [-0.15, -0.1) is 0 Å². The topological polar surface area (TPSA) is 67.9 Å². The van der Waals surface area contributed by atoms with E-state index in [2.05, 4.69) is 26.1 Å². The first-order chi connectivity index (χ1) is 16.7. The van der Waals surface area contributed by atoms with Crippen LogP contribution in [0, 0.1) is 0 Å². The summed E-state index contributed by atoms with van der Waals surface area (Å²) in [4.78, 5) is 28.2. The number of amides is 2. The number of hydrogen-bond donors (Lipinski definition) is 1. The van der Waals surface area contributed by atoms with E-state index >= 15 is 0 Å². The number of nitrogens with one attached hydrogen (secondary N) is 1. The second-order valence-electron chi connectivity index (χ2n) is 10.4. The third kappa shape index (κ3) is 7.48. The van der Waals surface area contributed by atoms with Gasteiger partial charge in [-0.2, -0.15) is 0 Å². The Morgan fingerprint density at radius 2 is 1.69 bits per heavy atom. The maximum absolute atomic E-state index is 13.4. The van der Waals surface area contributed by atoms with Gasteiger partial charge in [0.05, 0.1) is 7.11 Å². The number of benzene rings is 2. The minimum absolute atomic E-state index is 0.115. The molecule has 3 rings (SSSR count). The van der Waals surface area contributed by atoms with E-state index in [-0.39, 0.29) is 29.9 Å². The number of carbonyl (C=O) groups is 2. The number of methoxy groups -OCH3 is 1. The van der Waals surface area contributed by atoms with Gasteiger partial charge in [0, 0.05) is 12.6 Å². The molecule has 1 N–H and O–H groups in total. The van der Waals surface area contributed by atoms with Crippen molar-refractivity contribution < 1.29 is 19.1 Å². The SMILES string of the molecule is COc1ccc(CN(C(=O)COc2ccccc2C(C)(C)C)[C@H](C)C(=O)NC2CCCCC2)cc1. The summed E-state index contributed by atoms with van der Waals surface area (Å²) in [6, 6.07) is 14.9. The molecule has 2 amide bonds. The first-order valence-electron chi connectivity index (χ1n) is 12.6. The summed E-state index contributed by atoms with van der Waals surface area (Å²) in [6.45, 7) is 8.32. The molecule has 0 saturated heterocycles. The molecule has 0 aliphatic heterocycles. The van der Waals surface area contributed by atoms with Crippen molar-refractivity contribution in [2.45, 2.75) is 83.8 Å². The van der Waals surface area contributed by atoms with Crippen LogP contribution < -0.4 is 14.8 Å². The van der Waals surface area contributed by atoms with Gasteiger partial charge in [-0.1, -0.05) is 70.4 Å². The zero-order valence-corrected chi connectivity index (χ0v) is 21.8. The summed E-state index contributed by atoms with van der Waals surface area (Å²) < 4.78 is 11.3. The Hall–Kier alpha value is -3.02. The van der Waals surface area contributed by atoms with Crippen LogP contribution in [0.4, 0.5) is 0 Å². The van der Waals surface area contributed by atoms with Gasteiger partial charge in [0.25, 0.3) is 5.91 Å². The molecule has 2 aromatic carbocycles. The van der Waals surface area contributed by atoms with E-state index in [9.17, 15) is 9.59 Å². The second kappa shape index (κ2) is 12.1. The van der Waals surface area contributed by atoms with Gasteiger partial charge < -0.3 is 19.7 Å². The highest BCUT2D eigenvalue weighted by Crippen LogP contribution is 2.31. The number of para-hydroxylation sites is 1. The van der Waals surface area contributed by atoms with Crippen LogP contribution in [0.2, 0.25) is 0 Å². The first kappa shape index (κ1) is 26.6. The molecule has 1 atom stereocenters. The molecule has 1 aliphatic carbocycles. The normalized spacial score (nSPS) is 15.2. The molecule has 1 aliphatic rings. The highest BCUT2D eigenvalue weighted by atomic mass is 16.5. The molecule has 1 fully saturated rings. The fraction of sp³-hybridized carbons (Fsp3) is 0.517. The molecule has 6 nitrogen and oxygen atoms in total. The third-order valence-corrected chi connectivity index (χ3v) is 6.68. The number of nitrogens with zero attached hydrogens (tertiary/aromatic N) is 1. The van der Waals surface area contributed by atoms with Crippen molar-refractivity contribution in [3.63, 3.8) is 0 Å². The molecule has 2 aromatic rings. The van der Waals surface area contributed by atoms with Gasteiger partial charge >= 0.3 is 0 Å². The number of hydrogen-bond acceptors (Lipinski definition) is 4. The van der Waals surface area contributed by atoms with Crippen molar-refractivity contribution in [2.24, 2.45) is 0 Å². The summed E-state index contributed by atoms with van der Waals surface area (Å²) in [5.74, 6) is 1.10. The standard InChI is InChI=1S/C29H40N2O4/c1-21(28(33)30-23-11-7-6-8-12-23)31(19-22-15-17-24(34-5)18-16-22)27(32)20-35-26-14-10-9-13-25(26)29(2,3)4/h9-10,13-18,21,23H,6-8,11-12,19-20H2,1-5H3,(H,30,33)/t21-/m1/s1. The zero-order chi connectivity index (χ0) is 25.4. The van der Waals surface area contributed by atoms with E-state index in [1.54, 1.807) is 18.9 Å². The average molecular weight is 481 g/mol. The van der Waals surface area contributed by atoms with E-state index in [1.165, 1.54) is 6.42 Å². The largest absolute Gasteiger partial charge is 0.497 e. The van der Waals surface area contributed by atoms with Crippen LogP contribution in [0.3, 0.4) is 0 Å². The van der Waals surface area contributed by atoms with Gasteiger partial charge in [0.1, 0.15) is 17.5 Å². The quantitative estimate of drug-likeness (QED) is 0.533. The summed E-state index contributed by atoms with van der Waals surface area (Å²) in [5, 5.41) is 3.17. The number of carbonyl (C=O) groups excluding carboxylic acids is 2. The smallest absolute Gasteiger partial charge is 0.261 e. The molecule has 190 valence electrons. The molecular formula is C29H40N2O4. The Morgan fingerprint density at radius 3 is 2.31 bits per heavy atom. The lowest BCUT2D eigenvalue weighted by Crippen LogP contribution is -2.51. The summed E-state index contributed by atoms with van der Waals surface area (Å²) in [7, 11) is 1.62. The second-order valence-corrected chi connectivity index (χ2v) is 10.4.